The molecule has 20 heavy (non-hydrogen) atoms. The molecule has 2 aromatic rings. The van der Waals surface area contributed by atoms with E-state index in [1.807, 2.05) is 12.1 Å². The van der Waals surface area contributed by atoms with Crippen molar-refractivity contribution >= 4 is 34.2 Å². The lowest BCUT2D eigenvalue weighted by atomic mass is 10.3. The van der Waals surface area contributed by atoms with Crippen LogP contribution in [0.2, 0.25) is 0 Å². The average Bonchev–Trinajstić information content (AvgIpc) is 2.80. The van der Waals surface area contributed by atoms with Gasteiger partial charge in [-0.2, -0.15) is 18.3 Å². The van der Waals surface area contributed by atoms with E-state index in [1.165, 1.54) is 0 Å². The third-order valence-electron chi connectivity index (χ3n) is 2.36. The summed E-state index contributed by atoms with van der Waals surface area (Å²) in [7, 11) is 0. The van der Waals surface area contributed by atoms with Gasteiger partial charge < -0.3 is 5.32 Å². The first-order valence-corrected chi connectivity index (χ1v) is 6.58. The van der Waals surface area contributed by atoms with Crippen LogP contribution in [0.15, 0.2) is 36.5 Å². The second-order valence-corrected chi connectivity index (χ2v) is 5.20. The summed E-state index contributed by atoms with van der Waals surface area (Å²) in [5, 5.41) is 5.89. The number of amides is 1. The summed E-state index contributed by atoms with van der Waals surface area (Å²) >= 11 is 2.13. The zero-order chi connectivity index (χ0) is 14.8. The van der Waals surface area contributed by atoms with Gasteiger partial charge in [-0.05, 0) is 52.9 Å². The van der Waals surface area contributed by atoms with Gasteiger partial charge in [0.05, 0.1) is 0 Å². The van der Waals surface area contributed by atoms with E-state index in [2.05, 4.69) is 33.0 Å². The molecule has 0 aliphatic carbocycles. The Labute approximate surface area is 126 Å². The summed E-state index contributed by atoms with van der Waals surface area (Å²) in [6.07, 6.45) is -3.38. The minimum Gasteiger partial charge on any atom is -0.324 e. The van der Waals surface area contributed by atoms with Gasteiger partial charge >= 0.3 is 6.18 Å². The molecule has 1 heterocycles. The Hall–Kier alpha value is -1.58. The van der Waals surface area contributed by atoms with Crippen LogP contribution in [0.1, 0.15) is 5.69 Å². The molecule has 0 radical (unpaired) electrons. The number of hydrogen-bond donors (Lipinski definition) is 1. The molecule has 0 saturated heterocycles. The Morgan fingerprint density at radius 1 is 1.25 bits per heavy atom. The van der Waals surface area contributed by atoms with Crippen molar-refractivity contribution in [2.45, 2.75) is 12.7 Å². The first-order chi connectivity index (χ1) is 9.34. The number of carbonyl (C=O) groups excluding carboxylic acids is 1. The van der Waals surface area contributed by atoms with Crippen molar-refractivity contribution in [2.75, 3.05) is 5.32 Å². The van der Waals surface area contributed by atoms with Gasteiger partial charge in [0.25, 0.3) is 0 Å². The maximum absolute atomic E-state index is 12.3. The van der Waals surface area contributed by atoms with Crippen LogP contribution in [-0.2, 0) is 17.5 Å². The molecule has 0 aliphatic rings. The molecule has 4 nitrogen and oxygen atoms in total. The lowest BCUT2D eigenvalue weighted by Crippen LogP contribution is -2.19. The molecule has 1 N–H and O–H groups in total. The van der Waals surface area contributed by atoms with Crippen molar-refractivity contribution in [3.8, 4) is 0 Å². The average molecular weight is 395 g/mol. The number of benzene rings is 1. The van der Waals surface area contributed by atoms with Crippen LogP contribution >= 0.6 is 22.6 Å². The molecule has 0 aliphatic heterocycles. The van der Waals surface area contributed by atoms with E-state index < -0.39 is 17.8 Å². The number of aromatic nitrogens is 2. The Balaban J connectivity index is 1.98. The molecule has 106 valence electrons. The van der Waals surface area contributed by atoms with Crippen molar-refractivity contribution in [3.05, 3.63) is 45.8 Å². The van der Waals surface area contributed by atoms with Crippen molar-refractivity contribution in [3.63, 3.8) is 0 Å². The third kappa shape index (κ3) is 3.95. The van der Waals surface area contributed by atoms with Crippen molar-refractivity contribution in [1.82, 2.24) is 9.78 Å². The fourth-order valence-electron chi connectivity index (χ4n) is 1.48. The van der Waals surface area contributed by atoms with E-state index >= 15 is 0 Å². The standard InChI is InChI=1S/C12H9F3IN3O/c13-12(14,15)10-5-6-19(18-10)7-11(20)17-9-3-1-8(16)2-4-9/h1-6H,7H2,(H,17,20). The van der Waals surface area contributed by atoms with Gasteiger partial charge in [0.2, 0.25) is 5.91 Å². The monoisotopic (exact) mass is 395 g/mol. The molecule has 1 aromatic carbocycles. The zero-order valence-corrected chi connectivity index (χ0v) is 12.1. The minimum absolute atomic E-state index is 0.276. The zero-order valence-electron chi connectivity index (χ0n) is 9.99. The Bertz CT molecular complexity index is 607. The third-order valence-corrected chi connectivity index (χ3v) is 3.08. The molecule has 8 heteroatoms. The second kappa shape index (κ2) is 5.81. The lowest BCUT2D eigenvalue weighted by Gasteiger charge is -2.06. The highest BCUT2D eigenvalue weighted by molar-refractivity contribution is 14.1. The molecule has 0 fully saturated rings. The smallest absolute Gasteiger partial charge is 0.324 e. The fourth-order valence-corrected chi connectivity index (χ4v) is 1.84. The predicted octanol–water partition coefficient (Wildman–Crippen LogP) is 3.15. The molecular formula is C12H9F3IN3O. The van der Waals surface area contributed by atoms with Crippen LogP contribution in [-0.4, -0.2) is 15.7 Å². The predicted molar refractivity (Wildman–Crippen MR) is 75.0 cm³/mol. The van der Waals surface area contributed by atoms with Gasteiger partial charge in [-0.3, -0.25) is 9.48 Å². The first kappa shape index (κ1) is 14.8. The van der Waals surface area contributed by atoms with Crippen molar-refractivity contribution in [2.24, 2.45) is 0 Å². The van der Waals surface area contributed by atoms with Crippen molar-refractivity contribution in [1.29, 1.82) is 0 Å². The number of anilines is 1. The molecule has 1 amide bonds. The quantitative estimate of drug-likeness (QED) is 0.812. The highest BCUT2D eigenvalue weighted by atomic mass is 127. The number of halogens is 4. The summed E-state index contributed by atoms with van der Waals surface area (Å²) in [6, 6.07) is 7.88. The number of nitrogens with zero attached hydrogens (tertiary/aromatic N) is 2. The van der Waals surface area contributed by atoms with E-state index in [-0.39, 0.29) is 6.54 Å². The van der Waals surface area contributed by atoms with Gasteiger partial charge in [-0.1, -0.05) is 0 Å². The number of nitrogens with one attached hydrogen (secondary N) is 1. The van der Waals surface area contributed by atoms with Crippen LogP contribution < -0.4 is 5.32 Å². The summed E-state index contributed by atoms with van der Waals surface area (Å²) < 4.78 is 39.0. The lowest BCUT2D eigenvalue weighted by molar-refractivity contribution is -0.141. The number of carbonyl (C=O) groups is 1. The van der Waals surface area contributed by atoms with Gasteiger partial charge in [0.1, 0.15) is 6.54 Å². The second-order valence-electron chi connectivity index (χ2n) is 3.95. The van der Waals surface area contributed by atoms with Crippen LogP contribution in [0.4, 0.5) is 18.9 Å². The highest BCUT2D eigenvalue weighted by Crippen LogP contribution is 2.27. The molecule has 0 saturated carbocycles. The van der Waals surface area contributed by atoms with Crippen LogP contribution in [0.3, 0.4) is 0 Å². The van der Waals surface area contributed by atoms with Gasteiger partial charge in [-0.15, -0.1) is 0 Å². The van der Waals surface area contributed by atoms with E-state index in [1.54, 1.807) is 12.1 Å². The van der Waals surface area contributed by atoms with Gasteiger partial charge in [-0.25, -0.2) is 0 Å². The summed E-state index contributed by atoms with van der Waals surface area (Å²) in [6.45, 7) is -0.276. The molecule has 1 aromatic heterocycles. The van der Waals surface area contributed by atoms with Crippen LogP contribution in [0.5, 0.6) is 0 Å². The Morgan fingerprint density at radius 3 is 2.45 bits per heavy atom. The Morgan fingerprint density at radius 2 is 1.90 bits per heavy atom. The van der Waals surface area contributed by atoms with E-state index in [9.17, 15) is 18.0 Å². The summed E-state index contributed by atoms with van der Waals surface area (Å²) in [5.74, 6) is -0.442. The maximum Gasteiger partial charge on any atom is 0.435 e. The molecule has 2 rings (SSSR count). The highest BCUT2D eigenvalue weighted by Gasteiger charge is 2.33. The van der Waals surface area contributed by atoms with Crippen molar-refractivity contribution < 1.29 is 18.0 Å². The van der Waals surface area contributed by atoms with Crippen LogP contribution in [0.25, 0.3) is 0 Å². The van der Waals surface area contributed by atoms with Crippen LogP contribution in [0, 0.1) is 3.57 Å². The largest absolute Gasteiger partial charge is 0.435 e. The van der Waals surface area contributed by atoms with Gasteiger partial charge in [0.15, 0.2) is 5.69 Å². The SMILES string of the molecule is O=C(Cn1ccc(C(F)(F)F)n1)Nc1ccc(I)cc1. The molecule has 0 spiro atoms. The molecule has 0 atom stereocenters. The molecular weight excluding hydrogens is 386 g/mol. The minimum atomic E-state index is -4.50. The number of rotatable bonds is 3. The molecule has 0 unspecified atom stereocenters. The normalized spacial score (nSPS) is 11.4. The fraction of sp³-hybridized carbons (Fsp3) is 0.167. The molecule has 0 bridgehead atoms. The maximum atomic E-state index is 12.3. The topological polar surface area (TPSA) is 46.9 Å². The number of alkyl halides is 3. The van der Waals surface area contributed by atoms with E-state index in [0.717, 1.165) is 20.5 Å². The Kier molecular flexibility index (Phi) is 4.31. The van der Waals surface area contributed by atoms with Gasteiger partial charge in [0, 0.05) is 15.5 Å². The first-order valence-electron chi connectivity index (χ1n) is 5.51. The summed E-state index contributed by atoms with van der Waals surface area (Å²) in [5.41, 5.74) is -0.432. The summed E-state index contributed by atoms with van der Waals surface area (Å²) in [4.78, 5) is 11.7. The number of hydrogen-bond acceptors (Lipinski definition) is 2. The van der Waals surface area contributed by atoms with E-state index in [4.69, 9.17) is 0 Å². The van der Waals surface area contributed by atoms with E-state index in [0.29, 0.717) is 5.69 Å².